The SMILES string of the molecule is CCOc1ccc(NC(=O)[C@@H](Cc2c[nH]c3ccccc23)NC(=O)Oc2ccccc2)cc1. The molecule has 7 heteroatoms. The maximum absolute atomic E-state index is 13.2. The van der Waals surface area contributed by atoms with Gasteiger partial charge in [0.1, 0.15) is 17.5 Å². The van der Waals surface area contributed by atoms with Crippen molar-refractivity contribution in [3.8, 4) is 11.5 Å². The van der Waals surface area contributed by atoms with E-state index in [1.54, 1.807) is 48.5 Å². The predicted molar refractivity (Wildman–Crippen MR) is 128 cm³/mol. The van der Waals surface area contributed by atoms with E-state index in [4.69, 9.17) is 9.47 Å². The first-order chi connectivity index (χ1) is 16.1. The van der Waals surface area contributed by atoms with E-state index in [-0.39, 0.29) is 12.3 Å². The normalized spacial score (nSPS) is 11.5. The van der Waals surface area contributed by atoms with E-state index in [9.17, 15) is 9.59 Å². The molecule has 0 spiro atoms. The second kappa shape index (κ2) is 10.4. The highest BCUT2D eigenvalue weighted by Gasteiger charge is 2.24. The van der Waals surface area contributed by atoms with Gasteiger partial charge in [-0.2, -0.15) is 0 Å². The summed E-state index contributed by atoms with van der Waals surface area (Å²) in [5.41, 5.74) is 2.48. The van der Waals surface area contributed by atoms with Crippen LogP contribution in [0.4, 0.5) is 10.5 Å². The zero-order valence-corrected chi connectivity index (χ0v) is 18.2. The third kappa shape index (κ3) is 5.71. The van der Waals surface area contributed by atoms with Crippen LogP contribution in [0.1, 0.15) is 12.5 Å². The van der Waals surface area contributed by atoms with Gasteiger partial charge in [0.25, 0.3) is 0 Å². The zero-order valence-electron chi connectivity index (χ0n) is 18.2. The Morgan fingerprint density at radius 2 is 1.64 bits per heavy atom. The van der Waals surface area contributed by atoms with Crippen molar-refractivity contribution in [2.24, 2.45) is 0 Å². The van der Waals surface area contributed by atoms with Crippen molar-refractivity contribution < 1.29 is 19.1 Å². The van der Waals surface area contributed by atoms with Gasteiger partial charge in [0.05, 0.1) is 6.61 Å². The maximum Gasteiger partial charge on any atom is 0.413 e. The average molecular weight is 444 g/mol. The smallest absolute Gasteiger partial charge is 0.413 e. The van der Waals surface area contributed by atoms with Crippen molar-refractivity contribution >= 4 is 28.6 Å². The fraction of sp³-hybridized carbons (Fsp3) is 0.154. The molecule has 3 aromatic carbocycles. The predicted octanol–water partition coefficient (Wildman–Crippen LogP) is 4.91. The number of ether oxygens (including phenoxy) is 2. The molecule has 168 valence electrons. The van der Waals surface area contributed by atoms with Gasteiger partial charge in [0.15, 0.2) is 0 Å². The lowest BCUT2D eigenvalue weighted by molar-refractivity contribution is -0.118. The molecule has 4 rings (SSSR count). The molecule has 1 aromatic heterocycles. The van der Waals surface area contributed by atoms with Crippen molar-refractivity contribution in [2.75, 3.05) is 11.9 Å². The minimum absolute atomic E-state index is 0.288. The Balaban J connectivity index is 1.51. The van der Waals surface area contributed by atoms with E-state index in [2.05, 4.69) is 15.6 Å². The Kier molecular flexibility index (Phi) is 6.90. The number of aromatic amines is 1. The zero-order chi connectivity index (χ0) is 23.0. The second-order valence-electron chi connectivity index (χ2n) is 7.41. The lowest BCUT2D eigenvalue weighted by Gasteiger charge is -2.18. The summed E-state index contributed by atoms with van der Waals surface area (Å²) >= 11 is 0. The number of fused-ring (bicyclic) bond motifs is 1. The molecule has 0 aliphatic heterocycles. The largest absolute Gasteiger partial charge is 0.494 e. The number of anilines is 1. The quantitative estimate of drug-likeness (QED) is 0.361. The van der Waals surface area contributed by atoms with Gasteiger partial charge < -0.3 is 25.1 Å². The maximum atomic E-state index is 13.2. The summed E-state index contributed by atoms with van der Waals surface area (Å²) in [6.45, 7) is 2.47. The van der Waals surface area contributed by atoms with Crippen LogP contribution in [-0.4, -0.2) is 29.6 Å². The van der Waals surface area contributed by atoms with Crippen molar-refractivity contribution in [2.45, 2.75) is 19.4 Å². The molecule has 0 saturated heterocycles. The number of para-hydroxylation sites is 2. The summed E-state index contributed by atoms with van der Waals surface area (Å²) in [7, 11) is 0. The van der Waals surface area contributed by atoms with E-state index in [0.717, 1.165) is 22.2 Å². The van der Waals surface area contributed by atoms with Crippen LogP contribution in [0.2, 0.25) is 0 Å². The number of carbonyl (C=O) groups is 2. The van der Waals surface area contributed by atoms with Gasteiger partial charge in [-0.05, 0) is 55.0 Å². The number of H-pyrrole nitrogens is 1. The number of carbonyl (C=O) groups excluding carboxylic acids is 2. The number of rotatable bonds is 8. The Bertz CT molecular complexity index is 1220. The van der Waals surface area contributed by atoms with E-state index in [0.29, 0.717) is 18.0 Å². The number of amides is 2. The number of hydrogen-bond acceptors (Lipinski definition) is 4. The van der Waals surface area contributed by atoms with Crippen LogP contribution >= 0.6 is 0 Å². The molecule has 0 radical (unpaired) electrons. The molecule has 0 aliphatic rings. The Morgan fingerprint density at radius 1 is 0.909 bits per heavy atom. The van der Waals surface area contributed by atoms with Crippen LogP contribution in [0.5, 0.6) is 11.5 Å². The monoisotopic (exact) mass is 443 g/mol. The first-order valence-electron chi connectivity index (χ1n) is 10.7. The summed E-state index contributed by atoms with van der Waals surface area (Å²) in [4.78, 5) is 28.9. The van der Waals surface area contributed by atoms with E-state index in [1.807, 2.05) is 43.5 Å². The van der Waals surface area contributed by atoms with Gasteiger partial charge >= 0.3 is 6.09 Å². The fourth-order valence-corrected chi connectivity index (χ4v) is 3.53. The van der Waals surface area contributed by atoms with Crippen LogP contribution in [0.25, 0.3) is 10.9 Å². The third-order valence-corrected chi connectivity index (χ3v) is 5.09. The summed E-state index contributed by atoms with van der Waals surface area (Å²) < 4.78 is 10.8. The van der Waals surface area contributed by atoms with Gasteiger partial charge in [-0.15, -0.1) is 0 Å². The summed E-state index contributed by atoms with van der Waals surface area (Å²) in [6, 6.07) is 22.8. The Labute approximate surface area is 191 Å². The molecule has 7 nitrogen and oxygen atoms in total. The third-order valence-electron chi connectivity index (χ3n) is 5.09. The fourth-order valence-electron chi connectivity index (χ4n) is 3.53. The van der Waals surface area contributed by atoms with Gasteiger partial charge in [0.2, 0.25) is 5.91 Å². The lowest BCUT2D eigenvalue weighted by atomic mass is 10.0. The highest BCUT2D eigenvalue weighted by atomic mass is 16.6. The molecule has 0 saturated carbocycles. The molecular weight excluding hydrogens is 418 g/mol. The number of hydrogen-bond donors (Lipinski definition) is 3. The van der Waals surface area contributed by atoms with Gasteiger partial charge in [-0.25, -0.2) is 4.79 Å². The van der Waals surface area contributed by atoms with Crippen molar-refractivity contribution in [3.05, 3.63) is 90.6 Å². The van der Waals surface area contributed by atoms with Gasteiger partial charge in [-0.1, -0.05) is 36.4 Å². The molecule has 33 heavy (non-hydrogen) atoms. The number of aromatic nitrogens is 1. The first kappa shape index (κ1) is 22.0. The van der Waals surface area contributed by atoms with E-state index >= 15 is 0 Å². The van der Waals surface area contributed by atoms with Crippen molar-refractivity contribution in [1.82, 2.24) is 10.3 Å². The Morgan fingerprint density at radius 3 is 2.39 bits per heavy atom. The summed E-state index contributed by atoms with van der Waals surface area (Å²) in [6.07, 6.45) is 1.44. The molecule has 0 unspecified atom stereocenters. The molecule has 2 amide bonds. The van der Waals surface area contributed by atoms with E-state index in [1.165, 1.54) is 0 Å². The molecule has 0 aliphatic carbocycles. The second-order valence-corrected chi connectivity index (χ2v) is 7.41. The van der Waals surface area contributed by atoms with Crippen molar-refractivity contribution in [3.63, 3.8) is 0 Å². The van der Waals surface area contributed by atoms with Crippen LogP contribution in [-0.2, 0) is 11.2 Å². The average Bonchev–Trinajstić information content (AvgIpc) is 3.23. The Hall–Kier alpha value is -4.26. The summed E-state index contributed by atoms with van der Waals surface area (Å²) in [5, 5.41) is 6.57. The molecular formula is C26H25N3O4. The highest BCUT2D eigenvalue weighted by Crippen LogP contribution is 2.21. The van der Waals surface area contributed by atoms with Crippen molar-refractivity contribution in [1.29, 1.82) is 0 Å². The molecule has 0 bridgehead atoms. The van der Waals surface area contributed by atoms with Gasteiger partial charge in [-0.3, -0.25) is 4.79 Å². The van der Waals surface area contributed by atoms with Crippen LogP contribution in [0.15, 0.2) is 85.1 Å². The number of benzene rings is 3. The minimum Gasteiger partial charge on any atom is -0.494 e. The van der Waals surface area contributed by atoms with E-state index < -0.39 is 12.1 Å². The summed E-state index contributed by atoms with van der Waals surface area (Å²) in [5.74, 6) is 0.762. The topological polar surface area (TPSA) is 92.5 Å². The first-order valence-corrected chi connectivity index (χ1v) is 10.7. The number of nitrogens with one attached hydrogen (secondary N) is 3. The molecule has 0 fully saturated rings. The highest BCUT2D eigenvalue weighted by molar-refractivity contribution is 5.97. The van der Waals surface area contributed by atoms with Crippen LogP contribution in [0.3, 0.4) is 0 Å². The standard InChI is InChI=1S/C26H25N3O4/c1-2-32-20-14-12-19(13-15-20)28-25(30)24(29-26(31)33-21-8-4-3-5-9-21)16-18-17-27-23-11-7-6-10-22(18)23/h3-15,17,24,27H,2,16H2,1H3,(H,28,30)(H,29,31)/t24-/m1/s1. The van der Waals surface area contributed by atoms with Crippen LogP contribution < -0.4 is 20.1 Å². The minimum atomic E-state index is -0.855. The molecule has 1 atom stereocenters. The van der Waals surface area contributed by atoms with Crippen LogP contribution in [0, 0.1) is 0 Å². The van der Waals surface area contributed by atoms with Gasteiger partial charge in [0, 0.05) is 29.2 Å². The molecule has 4 aromatic rings. The molecule has 3 N–H and O–H groups in total. The molecule has 1 heterocycles. The lowest BCUT2D eigenvalue weighted by Crippen LogP contribution is -2.46.